The molecular formula is C18H25N3O2S. The average Bonchev–Trinajstić information content (AvgIpc) is 2.55. The Hall–Kier alpha value is -1.82. The van der Waals surface area contributed by atoms with Crippen molar-refractivity contribution in [2.75, 3.05) is 6.54 Å². The number of rotatable bonds is 7. The van der Waals surface area contributed by atoms with Gasteiger partial charge in [0.2, 0.25) is 5.91 Å². The third-order valence-corrected chi connectivity index (χ3v) is 4.67. The summed E-state index contributed by atoms with van der Waals surface area (Å²) in [5, 5.41) is 3.81. The number of benzene rings is 1. The zero-order valence-corrected chi connectivity index (χ0v) is 15.5. The van der Waals surface area contributed by atoms with Crippen molar-refractivity contribution >= 4 is 28.6 Å². The lowest BCUT2D eigenvalue weighted by atomic mass is 10.2. The molecule has 24 heavy (non-hydrogen) atoms. The fourth-order valence-electron chi connectivity index (χ4n) is 2.37. The van der Waals surface area contributed by atoms with Gasteiger partial charge in [0.1, 0.15) is 0 Å². The van der Waals surface area contributed by atoms with E-state index in [4.69, 9.17) is 0 Å². The Morgan fingerprint density at radius 2 is 2.00 bits per heavy atom. The molecule has 0 fully saturated rings. The number of nitrogens with zero attached hydrogens (tertiary/aromatic N) is 2. The SMILES string of the molecule is CCCNC(=O)[C@H](C)Sc1nc2ccccc2c(=O)n1CC(C)C. The van der Waals surface area contributed by atoms with Crippen molar-refractivity contribution < 1.29 is 4.79 Å². The molecule has 0 unspecified atom stereocenters. The zero-order chi connectivity index (χ0) is 17.7. The molecule has 0 radical (unpaired) electrons. The van der Waals surface area contributed by atoms with E-state index in [-0.39, 0.29) is 16.7 Å². The standard InChI is InChI=1S/C18H25N3O2S/c1-5-10-19-16(22)13(4)24-18-20-15-9-7-6-8-14(15)17(23)21(18)11-12(2)3/h6-9,12-13H,5,10-11H2,1-4H3,(H,19,22)/t13-/m0/s1. The number of hydrogen-bond acceptors (Lipinski definition) is 4. The first-order valence-electron chi connectivity index (χ1n) is 8.38. The topological polar surface area (TPSA) is 64.0 Å². The largest absolute Gasteiger partial charge is 0.355 e. The van der Waals surface area contributed by atoms with Crippen LogP contribution in [0.1, 0.15) is 34.1 Å². The summed E-state index contributed by atoms with van der Waals surface area (Å²) in [6.45, 7) is 9.23. The lowest BCUT2D eigenvalue weighted by Gasteiger charge is -2.17. The first-order valence-corrected chi connectivity index (χ1v) is 9.26. The number of para-hydroxylation sites is 1. The molecule has 5 nitrogen and oxygen atoms in total. The molecule has 2 aromatic rings. The van der Waals surface area contributed by atoms with Gasteiger partial charge < -0.3 is 5.32 Å². The predicted octanol–water partition coefficient (Wildman–Crippen LogP) is 3.06. The molecule has 0 spiro atoms. The Morgan fingerprint density at radius 1 is 1.29 bits per heavy atom. The molecule has 2 rings (SSSR count). The van der Waals surface area contributed by atoms with E-state index in [2.05, 4.69) is 24.1 Å². The molecule has 1 N–H and O–H groups in total. The summed E-state index contributed by atoms with van der Waals surface area (Å²) in [4.78, 5) is 29.6. The average molecular weight is 347 g/mol. The van der Waals surface area contributed by atoms with Gasteiger partial charge in [0.25, 0.3) is 5.56 Å². The van der Waals surface area contributed by atoms with Crippen molar-refractivity contribution in [2.45, 2.75) is 51.1 Å². The van der Waals surface area contributed by atoms with Gasteiger partial charge in [-0.05, 0) is 31.4 Å². The monoisotopic (exact) mass is 347 g/mol. The summed E-state index contributed by atoms with van der Waals surface area (Å²) in [7, 11) is 0. The smallest absolute Gasteiger partial charge is 0.262 e. The molecule has 0 saturated heterocycles. The van der Waals surface area contributed by atoms with Crippen LogP contribution in [0.4, 0.5) is 0 Å². The minimum Gasteiger partial charge on any atom is -0.355 e. The Kier molecular flexibility index (Phi) is 6.43. The minimum atomic E-state index is -0.303. The fraction of sp³-hybridized carbons (Fsp3) is 0.500. The lowest BCUT2D eigenvalue weighted by molar-refractivity contribution is -0.120. The van der Waals surface area contributed by atoms with Crippen LogP contribution >= 0.6 is 11.8 Å². The molecule has 1 amide bonds. The molecular weight excluding hydrogens is 322 g/mol. The van der Waals surface area contributed by atoms with E-state index < -0.39 is 0 Å². The minimum absolute atomic E-state index is 0.0274. The molecule has 0 aliphatic rings. The number of thioether (sulfide) groups is 1. The quantitative estimate of drug-likeness (QED) is 0.617. The van der Waals surface area contributed by atoms with E-state index in [9.17, 15) is 9.59 Å². The number of hydrogen-bond donors (Lipinski definition) is 1. The van der Waals surface area contributed by atoms with Crippen LogP contribution in [-0.2, 0) is 11.3 Å². The van der Waals surface area contributed by atoms with Crippen molar-refractivity contribution in [1.29, 1.82) is 0 Å². The molecule has 130 valence electrons. The Bertz CT molecular complexity index is 770. The van der Waals surface area contributed by atoms with Gasteiger partial charge in [-0.1, -0.05) is 44.7 Å². The first kappa shape index (κ1) is 18.5. The summed E-state index contributed by atoms with van der Waals surface area (Å²) in [6, 6.07) is 7.35. The highest BCUT2D eigenvalue weighted by Crippen LogP contribution is 2.23. The maximum absolute atomic E-state index is 12.8. The van der Waals surface area contributed by atoms with Crippen LogP contribution in [0.5, 0.6) is 0 Å². The van der Waals surface area contributed by atoms with E-state index in [1.807, 2.05) is 32.0 Å². The second-order valence-electron chi connectivity index (χ2n) is 6.27. The van der Waals surface area contributed by atoms with Crippen LogP contribution in [0.25, 0.3) is 10.9 Å². The van der Waals surface area contributed by atoms with Gasteiger partial charge in [-0.3, -0.25) is 14.2 Å². The molecule has 1 atom stereocenters. The van der Waals surface area contributed by atoms with Gasteiger partial charge in [-0.2, -0.15) is 0 Å². The molecule has 0 aliphatic carbocycles. The number of fused-ring (bicyclic) bond motifs is 1. The number of carbonyl (C=O) groups is 1. The Balaban J connectivity index is 2.40. The fourth-order valence-corrected chi connectivity index (χ4v) is 3.31. The van der Waals surface area contributed by atoms with Crippen LogP contribution in [0, 0.1) is 5.92 Å². The third kappa shape index (κ3) is 4.38. The zero-order valence-electron chi connectivity index (χ0n) is 14.7. The van der Waals surface area contributed by atoms with Crippen molar-refractivity contribution in [2.24, 2.45) is 5.92 Å². The molecule has 0 aliphatic heterocycles. The van der Waals surface area contributed by atoms with Crippen molar-refractivity contribution in [3.8, 4) is 0 Å². The van der Waals surface area contributed by atoms with Gasteiger partial charge >= 0.3 is 0 Å². The summed E-state index contributed by atoms with van der Waals surface area (Å²) in [6.07, 6.45) is 0.898. The highest BCUT2D eigenvalue weighted by Gasteiger charge is 2.19. The molecule has 1 heterocycles. The van der Waals surface area contributed by atoms with Gasteiger partial charge in [-0.25, -0.2) is 4.98 Å². The molecule has 1 aromatic carbocycles. The Labute approximate surface area is 146 Å². The van der Waals surface area contributed by atoms with E-state index in [1.54, 1.807) is 10.6 Å². The van der Waals surface area contributed by atoms with Gasteiger partial charge in [0.05, 0.1) is 16.2 Å². The predicted molar refractivity (Wildman–Crippen MR) is 99.5 cm³/mol. The van der Waals surface area contributed by atoms with Crippen LogP contribution in [-0.4, -0.2) is 27.3 Å². The van der Waals surface area contributed by atoms with E-state index >= 15 is 0 Å². The van der Waals surface area contributed by atoms with Gasteiger partial charge in [0, 0.05) is 13.1 Å². The van der Waals surface area contributed by atoms with Crippen LogP contribution in [0.15, 0.2) is 34.2 Å². The molecule has 0 saturated carbocycles. The number of aromatic nitrogens is 2. The number of carbonyl (C=O) groups excluding carboxylic acids is 1. The highest BCUT2D eigenvalue weighted by atomic mass is 32.2. The van der Waals surface area contributed by atoms with Crippen molar-refractivity contribution in [1.82, 2.24) is 14.9 Å². The second-order valence-corrected chi connectivity index (χ2v) is 7.58. The summed E-state index contributed by atoms with van der Waals surface area (Å²) in [5.74, 6) is 0.287. The lowest BCUT2D eigenvalue weighted by Crippen LogP contribution is -2.32. The molecule has 1 aromatic heterocycles. The van der Waals surface area contributed by atoms with Crippen LogP contribution in [0.2, 0.25) is 0 Å². The number of amides is 1. The maximum atomic E-state index is 12.8. The van der Waals surface area contributed by atoms with Gasteiger partial charge in [-0.15, -0.1) is 0 Å². The highest BCUT2D eigenvalue weighted by molar-refractivity contribution is 8.00. The molecule has 6 heteroatoms. The first-order chi connectivity index (χ1) is 11.4. The van der Waals surface area contributed by atoms with Crippen LogP contribution in [0.3, 0.4) is 0 Å². The van der Waals surface area contributed by atoms with E-state index in [1.165, 1.54) is 11.8 Å². The summed E-state index contributed by atoms with van der Waals surface area (Å²) in [5.41, 5.74) is 0.629. The normalized spacial score (nSPS) is 12.5. The maximum Gasteiger partial charge on any atom is 0.262 e. The van der Waals surface area contributed by atoms with Crippen molar-refractivity contribution in [3.05, 3.63) is 34.6 Å². The van der Waals surface area contributed by atoms with Gasteiger partial charge in [0.15, 0.2) is 5.16 Å². The van der Waals surface area contributed by atoms with E-state index in [0.717, 1.165) is 6.42 Å². The summed E-state index contributed by atoms with van der Waals surface area (Å²) < 4.78 is 1.70. The van der Waals surface area contributed by atoms with Crippen LogP contribution < -0.4 is 10.9 Å². The van der Waals surface area contributed by atoms with E-state index in [0.29, 0.717) is 35.1 Å². The third-order valence-electron chi connectivity index (χ3n) is 3.57. The number of nitrogens with one attached hydrogen (secondary N) is 1. The molecule has 0 bridgehead atoms. The second kappa shape index (κ2) is 8.33. The van der Waals surface area contributed by atoms with Crippen molar-refractivity contribution in [3.63, 3.8) is 0 Å². The summed E-state index contributed by atoms with van der Waals surface area (Å²) >= 11 is 1.34. The Morgan fingerprint density at radius 3 is 2.67 bits per heavy atom.